The fraction of sp³-hybridized carbons (Fsp3) is 0.333. The Morgan fingerprint density at radius 2 is 2.17 bits per heavy atom. The average Bonchev–Trinajstić information content (AvgIpc) is 3.00. The van der Waals surface area contributed by atoms with Crippen LogP contribution in [0.15, 0.2) is 29.3 Å². The molecule has 1 atom stereocenters. The van der Waals surface area contributed by atoms with E-state index in [0.29, 0.717) is 23.0 Å². The number of benzene rings is 1. The molecule has 1 aromatic carbocycles. The fourth-order valence-electron chi connectivity index (χ4n) is 2.38. The number of hydrogen-bond acceptors (Lipinski definition) is 5. The Balaban J connectivity index is 1.59. The third-order valence-corrected chi connectivity index (χ3v) is 4.43. The molecule has 0 aromatic heterocycles. The highest BCUT2D eigenvalue weighted by Gasteiger charge is 2.28. The first-order valence-electron chi connectivity index (χ1n) is 7.31. The topological polar surface area (TPSA) is 99.7 Å². The van der Waals surface area contributed by atoms with Gasteiger partial charge in [0.1, 0.15) is 6.04 Å². The van der Waals surface area contributed by atoms with Crippen molar-refractivity contribution in [1.29, 1.82) is 0 Å². The van der Waals surface area contributed by atoms with Crippen LogP contribution >= 0.6 is 11.8 Å². The van der Waals surface area contributed by atoms with Crippen molar-refractivity contribution in [2.45, 2.75) is 18.9 Å². The van der Waals surface area contributed by atoms with Gasteiger partial charge in [0.2, 0.25) is 11.8 Å². The minimum Gasteiger partial charge on any atom is -0.340 e. The maximum absolute atomic E-state index is 12.2. The van der Waals surface area contributed by atoms with E-state index in [-0.39, 0.29) is 30.6 Å². The molecule has 2 heterocycles. The monoisotopic (exact) mass is 332 g/mol. The Labute approximate surface area is 137 Å². The van der Waals surface area contributed by atoms with Crippen LogP contribution in [0.4, 0.5) is 5.69 Å². The van der Waals surface area contributed by atoms with Crippen molar-refractivity contribution < 1.29 is 14.4 Å². The average molecular weight is 332 g/mol. The fourth-order valence-corrected chi connectivity index (χ4v) is 3.13. The molecule has 0 radical (unpaired) electrons. The molecule has 0 saturated heterocycles. The molecule has 3 amide bonds. The number of carbonyl (C=O) groups is 3. The zero-order chi connectivity index (χ0) is 16.2. The van der Waals surface area contributed by atoms with Crippen molar-refractivity contribution in [1.82, 2.24) is 10.6 Å². The largest absolute Gasteiger partial charge is 0.340 e. The number of hydrogen-bond donors (Lipinski definition) is 3. The summed E-state index contributed by atoms with van der Waals surface area (Å²) in [7, 11) is 0. The Bertz CT molecular complexity index is 689. The number of thioether (sulfide) groups is 1. The van der Waals surface area contributed by atoms with E-state index in [1.165, 1.54) is 11.8 Å². The van der Waals surface area contributed by atoms with E-state index >= 15 is 0 Å². The second kappa shape index (κ2) is 6.82. The lowest BCUT2D eigenvalue weighted by Crippen LogP contribution is -2.42. The first kappa shape index (κ1) is 15.5. The molecule has 0 aliphatic carbocycles. The first-order valence-corrected chi connectivity index (χ1v) is 8.30. The Hall–Kier alpha value is -2.35. The highest BCUT2D eigenvalue weighted by Crippen LogP contribution is 2.19. The molecule has 0 unspecified atom stereocenters. The summed E-state index contributed by atoms with van der Waals surface area (Å²) in [4.78, 5) is 40.4. The molecule has 0 saturated carbocycles. The van der Waals surface area contributed by atoms with Crippen molar-refractivity contribution in [2.24, 2.45) is 4.99 Å². The van der Waals surface area contributed by atoms with Gasteiger partial charge < -0.3 is 16.0 Å². The summed E-state index contributed by atoms with van der Waals surface area (Å²) >= 11 is 1.50. The van der Waals surface area contributed by atoms with Gasteiger partial charge in [-0.05, 0) is 18.6 Å². The number of carbonyl (C=O) groups excluding carboxylic acids is 3. The van der Waals surface area contributed by atoms with E-state index in [0.717, 1.165) is 5.75 Å². The van der Waals surface area contributed by atoms with Gasteiger partial charge >= 0.3 is 0 Å². The number of aliphatic imine (C=N–C) groups is 1. The second-order valence-corrected chi connectivity index (χ2v) is 6.27. The van der Waals surface area contributed by atoms with Crippen LogP contribution in [0.2, 0.25) is 0 Å². The van der Waals surface area contributed by atoms with Gasteiger partial charge in [-0.2, -0.15) is 0 Å². The van der Waals surface area contributed by atoms with Crippen LogP contribution < -0.4 is 16.0 Å². The Morgan fingerprint density at radius 1 is 1.35 bits per heavy atom. The summed E-state index contributed by atoms with van der Waals surface area (Å²) in [5.41, 5.74) is 0.906. The number of amides is 3. The third kappa shape index (κ3) is 3.70. The summed E-state index contributed by atoms with van der Waals surface area (Å²) in [6.07, 6.45) is 0.365. The van der Waals surface area contributed by atoms with Crippen LogP contribution in [0, 0.1) is 0 Å². The zero-order valence-electron chi connectivity index (χ0n) is 12.3. The van der Waals surface area contributed by atoms with Gasteiger partial charge in [-0.1, -0.05) is 23.9 Å². The van der Waals surface area contributed by atoms with E-state index in [9.17, 15) is 14.4 Å². The molecule has 120 valence electrons. The highest BCUT2D eigenvalue weighted by atomic mass is 32.2. The Kier molecular flexibility index (Phi) is 4.61. The Morgan fingerprint density at radius 3 is 2.96 bits per heavy atom. The smallest absolute Gasteiger partial charge is 0.254 e. The number of nitrogens with one attached hydrogen (secondary N) is 3. The quantitative estimate of drug-likeness (QED) is 0.760. The van der Waals surface area contributed by atoms with E-state index in [1.807, 2.05) is 0 Å². The SMILES string of the molecule is O=C(CC[C@@H]1NC(=O)c2ccccc2NC1=O)NC1=NCCS1. The lowest BCUT2D eigenvalue weighted by molar-refractivity contribution is -0.120. The van der Waals surface area contributed by atoms with Crippen LogP contribution in [0.3, 0.4) is 0 Å². The molecule has 3 N–H and O–H groups in total. The molecule has 0 spiro atoms. The van der Waals surface area contributed by atoms with Gasteiger partial charge in [-0.15, -0.1) is 0 Å². The van der Waals surface area contributed by atoms with Crippen molar-refractivity contribution in [3.05, 3.63) is 29.8 Å². The first-order chi connectivity index (χ1) is 11.1. The van der Waals surface area contributed by atoms with Crippen molar-refractivity contribution in [2.75, 3.05) is 17.6 Å². The lowest BCUT2D eigenvalue weighted by Gasteiger charge is -2.14. The molecular formula is C15H16N4O3S. The summed E-state index contributed by atoms with van der Waals surface area (Å²) in [5.74, 6) is 0.0281. The molecule has 1 aromatic rings. The molecule has 23 heavy (non-hydrogen) atoms. The predicted octanol–water partition coefficient (Wildman–Crippen LogP) is 0.736. The predicted molar refractivity (Wildman–Crippen MR) is 88.5 cm³/mol. The van der Waals surface area contributed by atoms with Crippen LogP contribution in [-0.2, 0) is 9.59 Å². The highest BCUT2D eigenvalue weighted by molar-refractivity contribution is 8.14. The molecule has 0 bridgehead atoms. The van der Waals surface area contributed by atoms with E-state index in [2.05, 4.69) is 20.9 Å². The minimum absolute atomic E-state index is 0.133. The number of nitrogens with zero attached hydrogens (tertiary/aromatic N) is 1. The summed E-state index contributed by atoms with van der Waals surface area (Å²) in [6.45, 7) is 0.708. The van der Waals surface area contributed by atoms with Crippen molar-refractivity contribution in [3.63, 3.8) is 0 Å². The normalized spacial score (nSPS) is 20.0. The standard InChI is InChI=1S/C15H16N4O3S/c20-12(19-15-16-7-8-23-15)6-5-11-14(22)17-10-4-2-1-3-9(10)13(21)18-11/h1-4,11H,5-8H2,(H,17,22)(H,18,21)(H,16,19,20)/t11-/m0/s1. The van der Waals surface area contributed by atoms with Crippen molar-refractivity contribution >= 4 is 40.3 Å². The minimum atomic E-state index is -0.737. The number of amidine groups is 1. The molecule has 7 nitrogen and oxygen atoms in total. The van der Waals surface area contributed by atoms with Gasteiger partial charge in [0.25, 0.3) is 5.91 Å². The van der Waals surface area contributed by atoms with Gasteiger partial charge in [0, 0.05) is 12.2 Å². The van der Waals surface area contributed by atoms with E-state index in [1.54, 1.807) is 24.3 Å². The zero-order valence-corrected chi connectivity index (χ0v) is 13.1. The van der Waals surface area contributed by atoms with E-state index in [4.69, 9.17) is 0 Å². The van der Waals surface area contributed by atoms with Gasteiger partial charge in [0.05, 0.1) is 17.8 Å². The number of anilines is 1. The van der Waals surface area contributed by atoms with Crippen molar-refractivity contribution in [3.8, 4) is 0 Å². The van der Waals surface area contributed by atoms with Gasteiger partial charge in [-0.25, -0.2) is 0 Å². The molecule has 0 fully saturated rings. The third-order valence-electron chi connectivity index (χ3n) is 3.54. The van der Waals surface area contributed by atoms with Crippen LogP contribution in [0.1, 0.15) is 23.2 Å². The van der Waals surface area contributed by atoms with E-state index < -0.39 is 6.04 Å². The lowest BCUT2D eigenvalue weighted by atomic mass is 10.1. The molecule has 2 aliphatic heterocycles. The van der Waals surface area contributed by atoms with Crippen LogP contribution in [-0.4, -0.2) is 41.2 Å². The van der Waals surface area contributed by atoms with Gasteiger partial charge in [0.15, 0.2) is 5.17 Å². The molecular weight excluding hydrogens is 316 g/mol. The maximum atomic E-state index is 12.2. The van der Waals surface area contributed by atoms with Crippen LogP contribution in [0.25, 0.3) is 0 Å². The maximum Gasteiger partial charge on any atom is 0.254 e. The second-order valence-electron chi connectivity index (χ2n) is 5.18. The number of rotatable bonds is 3. The number of fused-ring (bicyclic) bond motifs is 1. The molecule has 2 aliphatic rings. The van der Waals surface area contributed by atoms with Gasteiger partial charge in [-0.3, -0.25) is 19.4 Å². The number of para-hydroxylation sites is 1. The molecule has 3 rings (SSSR count). The summed E-state index contributed by atoms with van der Waals surface area (Å²) in [6, 6.07) is 6.07. The summed E-state index contributed by atoms with van der Waals surface area (Å²) in [5, 5.41) is 8.71. The van der Waals surface area contributed by atoms with Crippen LogP contribution in [0.5, 0.6) is 0 Å². The molecule has 8 heteroatoms. The summed E-state index contributed by atoms with van der Waals surface area (Å²) < 4.78 is 0.